The minimum Gasteiger partial charge on any atom is -0.380 e. The van der Waals surface area contributed by atoms with Crippen LogP contribution in [0.5, 0.6) is 0 Å². The Morgan fingerprint density at radius 1 is 1.25 bits per heavy atom. The van der Waals surface area contributed by atoms with Gasteiger partial charge in [0.2, 0.25) is 0 Å². The Morgan fingerprint density at radius 3 is 2.81 bits per heavy atom. The van der Waals surface area contributed by atoms with E-state index in [0.717, 1.165) is 11.1 Å². The second-order valence-electron chi connectivity index (χ2n) is 6.55. The first kappa shape index (κ1) is 23.4. The number of nitro benzene ring substituents is 1. The molecule has 2 N–H and O–H groups in total. The Bertz CT molecular complexity index is 1090. The molecule has 0 aliphatic heterocycles. The van der Waals surface area contributed by atoms with Crippen molar-refractivity contribution < 1.29 is 14.5 Å². The van der Waals surface area contributed by atoms with Gasteiger partial charge in [-0.2, -0.15) is 5.10 Å². The van der Waals surface area contributed by atoms with E-state index in [1.807, 2.05) is 13.8 Å². The van der Waals surface area contributed by atoms with Crippen LogP contribution in [0.4, 0.5) is 11.5 Å². The minimum absolute atomic E-state index is 0.0209. The lowest BCUT2D eigenvalue weighted by atomic mass is 10.1. The van der Waals surface area contributed by atoms with Crippen LogP contribution >= 0.6 is 11.8 Å². The number of nitrogens with zero attached hydrogens (tertiary/aromatic N) is 5. The summed E-state index contributed by atoms with van der Waals surface area (Å²) in [7, 11) is 0. The lowest BCUT2D eigenvalue weighted by Crippen LogP contribution is -2.28. The zero-order chi connectivity index (χ0) is 22.9. The predicted molar refractivity (Wildman–Crippen MR) is 122 cm³/mol. The van der Waals surface area contributed by atoms with Gasteiger partial charge in [-0.25, -0.2) is 14.6 Å². The molecule has 2 heterocycles. The summed E-state index contributed by atoms with van der Waals surface area (Å²) in [5, 5.41) is 22.9. The lowest BCUT2D eigenvalue weighted by molar-refractivity contribution is -0.385. The van der Waals surface area contributed by atoms with Gasteiger partial charge in [0.15, 0.2) is 10.8 Å². The number of hydrogen-bond donors (Lipinski definition) is 2. The summed E-state index contributed by atoms with van der Waals surface area (Å²) in [5.41, 5.74) is 0.439. The van der Waals surface area contributed by atoms with E-state index in [1.165, 1.54) is 30.0 Å². The molecule has 32 heavy (non-hydrogen) atoms. The summed E-state index contributed by atoms with van der Waals surface area (Å²) < 4.78 is 7.06. The van der Waals surface area contributed by atoms with Gasteiger partial charge in [-0.05, 0) is 18.7 Å². The maximum Gasteiger partial charge on any atom is 0.282 e. The van der Waals surface area contributed by atoms with Crippen LogP contribution in [0.25, 0.3) is 11.0 Å². The minimum atomic E-state index is -0.570. The number of ether oxygens (including phenoxy) is 1. The Balaban J connectivity index is 1.73. The number of para-hydroxylation sites is 1. The van der Waals surface area contributed by atoms with Crippen molar-refractivity contribution in [2.75, 3.05) is 37.4 Å². The number of aromatic nitrogens is 4. The molecule has 0 aliphatic rings. The molecule has 0 radical (unpaired) electrons. The Morgan fingerprint density at radius 2 is 2.06 bits per heavy atom. The largest absolute Gasteiger partial charge is 0.380 e. The summed E-state index contributed by atoms with van der Waals surface area (Å²) in [6.45, 7) is 6.36. The van der Waals surface area contributed by atoms with Crippen molar-refractivity contribution in [2.45, 2.75) is 25.5 Å². The lowest BCUT2D eigenvalue weighted by Gasteiger charge is -2.10. The Hall–Kier alpha value is -3.25. The number of rotatable bonds is 12. The third-order valence-corrected chi connectivity index (χ3v) is 5.18. The number of hydrogen-bond acceptors (Lipinski definition) is 9. The first-order valence-electron chi connectivity index (χ1n) is 10.2. The molecule has 2 aromatic heterocycles. The number of nitro groups is 1. The number of nitrogens with one attached hydrogen (secondary N) is 2. The predicted octanol–water partition coefficient (Wildman–Crippen LogP) is 2.72. The van der Waals surface area contributed by atoms with Gasteiger partial charge in [-0.1, -0.05) is 30.8 Å². The molecular formula is C20H25N7O4S. The van der Waals surface area contributed by atoms with Crippen molar-refractivity contribution in [1.82, 2.24) is 25.1 Å². The van der Waals surface area contributed by atoms with Gasteiger partial charge in [0.25, 0.3) is 11.6 Å². The number of thioether (sulfide) groups is 1. The van der Waals surface area contributed by atoms with E-state index in [9.17, 15) is 14.9 Å². The van der Waals surface area contributed by atoms with Crippen LogP contribution in [-0.2, 0) is 11.3 Å². The standard InChI is InChI=1S/C20H25N7O4S/c1-3-31-12-10-21-17-15-13-23-26(18(15)25-20(24-17)32-4-2)11-9-22-19(28)14-7-5-6-8-16(14)27(29)30/h5-8,13H,3-4,9-12H2,1-2H3,(H,22,28)(H,21,24,25). The first-order valence-corrected chi connectivity index (χ1v) is 11.2. The monoisotopic (exact) mass is 459 g/mol. The van der Waals surface area contributed by atoms with Crippen molar-refractivity contribution >= 4 is 40.2 Å². The molecule has 0 aliphatic carbocycles. The van der Waals surface area contributed by atoms with E-state index in [0.29, 0.717) is 42.9 Å². The van der Waals surface area contributed by atoms with Crippen LogP contribution < -0.4 is 10.6 Å². The average Bonchev–Trinajstić information content (AvgIpc) is 3.20. The Labute approximate surface area is 189 Å². The van der Waals surface area contributed by atoms with Crippen LogP contribution in [0.2, 0.25) is 0 Å². The zero-order valence-electron chi connectivity index (χ0n) is 17.9. The van der Waals surface area contributed by atoms with E-state index in [2.05, 4.69) is 25.7 Å². The van der Waals surface area contributed by atoms with Crippen LogP contribution in [0.1, 0.15) is 24.2 Å². The van der Waals surface area contributed by atoms with Gasteiger partial charge in [-0.3, -0.25) is 14.9 Å². The van der Waals surface area contributed by atoms with Crippen molar-refractivity contribution in [3.8, 4) is 0 Å². The molecule has 0 saturated heterocycles. The number of amides is 1. The van der Waals surface area contributed by atoms with Gasteiger partial charge in [0.1, 0.15) is 11.4 Å². The van der Waals surface area contributed by atoms with Crippen molar-refractivity contribution in [3.05, 3.63) is 46.1 Å². The fraction of sp³-hybridized carbons (Fsp3) is 0.400. The molecule has 12 heteroatoms. The van der Waals surface area contributed by atoms with Crippen LogP contribution in [-0.4, -0.2) is 62.6 Å². The third-order valence-electron chi connectivity index (χ3n) is 4.45. The summed E-state index contributed by atoms with van der Waals surface area (Å²) in [5.74, 6) is 0.994. The number of carbonyl (C=O) groups excluding carboxylic acids is 1. The molecule has 3 aromatic rings. The topological polar surface area (TPSA) is 137 Å². The van der Waals surface area contributed by atoms with Gasteiger partial charge in [-0.15, -0.1) is 0 Å². The third kappa shape index (κ3) is 5.71. The fourth-order valence-corrected chi connectivity index (χ4v) is 3.57. The van der Waals surface area contributed by atoms with Gasteiger partial charge in [0, 0.05) is 25.8 Å². The van der Waals surface area contributed by atoms with Crippen molar-refractivity contribution in [1.29, 1.82) is 0 Å². The molecule has 1 amide bonds. The molecule has 0 atom stereocenters. The molecule has 0 spiro atoms. The van der Waals surface area contributed by atoms with Crippen LogP contribution in [0, 0.1) is 10.1 Å². The highest BCUT2D eigenvalue weighted by molar-refractivity contribution is 7.99. The number of anilines is 1. The molecule has 0 fully saturated rings. The fourth-order valence-electron chi connectivity index (χ4n) is 3.01. The maximum atomic E-state index is 12.4. The second-order valence-corrected chi connectivity index (χ2v) is 7.78. The smallest absolute Gasteiger partial charge is 0.282 e. The summed E-state index contributed by atoms with van der Waals surface area (Å²) >= 11 is 1.52. The van der Waals surface area contributed by atoms with Crippen LogP contribution in [0.15, 0.2) is 35.6 Å². The Kier molecular flexibility index (Phi) is 8.34. The highest BCUT2D eigenvalue weighted by Crippen LogP contribution is 2.24. The van der Waals surface area contributed by atoms with E-state index < -0.39 is 10.8 Å². The zero-order valence-corrected chi connectivity index (χ0v) is 18.7. The number of benzene rings is 1. The van der Waals surface area contributed by atoms with E-state index in [-0.39, 0.29) is 17.8 Å². The summed E-state index contributed by atoms with van der Waals surface area (Å²) in [6.07, 6.45) is 1.68. The molecule has 1 aromatic carbocycles. The average molecular weight is 460 g/mol. The summed E-state index contributed by atoms with van der Waals surface area (Å²) in [6, 6.07) is 5.85. The molecule has 0 bridgehead atoms. The molecule has 170 valence electrons. The highest BCUT2D eigenvalue weighted by atomic mass is 32.2. The number of carbonyl (C=O) groups is 1. The SMILES string of the molecule is CCOCCNc1nc(SCC)nc2c1cnn2CCNC(=O)c1ccccc1[N+](=O)[O-]. The molecule has 3 rings (SSSR count). The normalized spacial score (nSPS) is 10.9. The van der Waals surface area contributed by atoms with Crippen LogP contribution in [0.3, 0.4) is 0 Å². The second kappa shape index (κ2) is 11.4. The highest BCUT2D eigenvalue weighted by Gasteiger charge is 2.19. The quantitative estimate of drug-likeness (QED) is 0.138. The number of fused-ring (bicyclic) bond motifs is 1. The van der Waals surface area contributed by atoms with Gasteiger partial charge >= 0.3 is 0 Å². The molecular weight excluding hydrogens is 434 g/mol. The van der Waals surface area contributed by atoms with E-state index in [4.69, 9.17) is 4.74 Å². The van der Waals surface area contributed by atoms with Gasteiger partial charge in [0.05, 0.1) is 29.7 Å². The first-order chi connectivity index (χ1) is 15.5. The van der Waals surface area contributed by atoms with E-state index in [1.54, 1.807) is 16.9 Å². The van der Waals surface area contributed by atoms with Crippen molar-refractivity contribution in [3.63, 3.8) is 0 Å². The van der Waals surface area contributed by atoms with Gasteiger partial charge < -0.3 is 15.4 Å². The summed E-state index contributed by atoms with van der Waals surface area (Å²) in [4.78, 5) is 32.2. The molecule has 0 unspecified atom stereocenters. The maximum absolute atomic E-state index is 12.4. The van der Waals surface area contributed by atoms with E-state index >= 15 is 0 Å². The molecule has 11 nitrogen and oxygen atoms in total. The molecule has 0 saturated carbocycles. The van der Waals surface area contributed by atoms with Crippen molar-refractivity contribution in [2.24, 2.45) is 0 Å².